The van der Waals surface area contributed by atoms with Crippen molar-refractivity contribution >= 4 is 23.0 Å². The molecule has 1 saturated heterocycles. The molecule has 2 N–H and O–H groups in total. The van der Waals surface area contributed by atoms with Gasteiger partial charge in [-0.1, -0.05) is 0 Å². The van der Waals surface area contributed by atoms with E-state index in [1.165, 1.54) is 12.1 Å². The van der Waals surface area contributed by atoms with E-state index in [1.54, 1.807) is 6.07 Å². The van der Waals surface area contributed by atoms with E-state index in [1.807, 2.05) is 4.90 Å². The zero-order valence-corrected chi connectivity index (χ0v) is 10.3. The van der Waals surface area contributed by atoms with E-state index in [-0.39, 0.29) is 11.7 Å². The predicted octanol–water partition coefficient (Wildman–Crippen LogP) is 2.00. The number of aliphatic carboxylic acids is 1. The van der Waals surface area contributed by atoms with Crippen molar-refractivity contribution in [1.82, 2.24) is 9.97 Å². The van der Waals surface area contributed by atoms with Gasteiger partial charge in [-0.3, -0.25) is 4.79 Å². The molecular weight excluding hydrogens is 249 g/mol. The van der Waals surface area contributed by atoms with Crippen molar-refractivity contribution in [3.8, 4) is 0 Å². The number of nitrogens with zero attached hydrogens (tertiary/aromatic N) is 2. The summed E-state index contributed by atoms with van der Waals surface area (Å²) in [5, 5.41) is 8.96. The monoisotopic (exact) mass is 263 g/mol. The predicted molar refractivity (Wildman–Crippen MR) is 68.6 cm³/mol. The minimum Gasteiger partial charge on any atom is -0.481 e. The van der Waals surface area contributed by atoms with Gasteiger partial charge in [-0.2, -0.15) is 0 Å². The molecule has 0 saturated carbocycles. The molecule has 0 unspecified atom stereocenters. The molecule has 0 spiro atoms. The lowest BCUT2D eigenvalue weighted by atomic mass is 9.97. The Hall–Kier alpha value is -2.11. The fourth-order valence-corrected chi connectivity index (χ4v) is 2.46. The van der Waals surface area contributed by atoms with Crippen molar-refractivity contribution in [3.63, 3.8) is 0 Å². The van der Waals surface area contributed by atoms with Crippen LogP contribution in [0.4, 0.5) is 10.3 Å². The van der Waals surface area contributed by atoms with Crippen LogP contribution in [0.5, 0.6) is 0 Å². The van der Waals surface area contributed by atoms with Crippen LogP contribution in [0.1, 0.15) is 12.8 Å². The number of carboxylic acid groups (broad SMARTS) is 1. The van der Waals surface area contributed by atoms with Crippen LogP contribution in [0.15, 0.2) is 18.2 Å². The number of imidazole rings is 1. The van der Waals surface area contributed by atoms with E-state index < -0.39 is 5.97 Å². The molecule has 6 heteroatoms. The Morgan fingerprint density at radius 1 is 1.42 bits per heavy atom. The lowest BCUT2D eigenvalue weighted by molar-refractivity contribution is -0.142. The smallest absolute Gasteiger partial charge is 0.306 e. The van der Waals surface area contributed by atoms with Crippen LogP contribution in [0.3, 0.4) is 0 Å². The molecule has 0 amide bonds. The SMILES string of the molecule is O=C(O)C1CCN(c2nc3ccc(F)cc3[nH]2)CC1. The molecule has 1 aliphatic heterocycles. The zero-order chi connectivity index (χ0) is 13.4. The van der Waals surface area contributed by atoms with Crippen molar-refractivity contribution in [2.75, 3.05) is 18.0 Å². The average Bonchev–Trinajstić information content (AvgIpc) is 2.81. The largest absolute Gasteiger partial charge is 0.481 e. The molecule has 0 bridgehead atoms. The molecule has 2 aromatic rings. The Balaban J connectivity index is 1.80. The number of aromatic amines is 1. The Morgan fingerprint density at radius 2 is 2.16 bits per heavy atom. The number of fused-ring (bicyclic) bond motifs is 1. The lowest BCUT2D eigenvalue weighted by Gasteiger charge is -2.29. The Bertz CT molecular complexity index is 617. The summed E-state index contributed by atoms with van der Waals surface area (Å²) >= 11 is 0. The van der Waals surface area contributed by atoms with Crippen LogP contribution in [0.25, 0.3) is 11.0 Å². The summed E-state index contributed by atoms with van der Waals surface area (Å²) in [5.74, 6) is -0.610. The summed E-state index contributed by atoms with van der Waals surface area (Å²) in [5.41, 5.74) is 1.38. The number of hydrogen-bond acceptors (Lipinski definition) is 3. The second-order valence-corrected chi connectivity index (χ2v) is 4.82. The Morgan fingerprint density at radius 3 is 2.84 bits per heavy atom. The van der Waals surface area contributed by atoms with Gasteiger partial charge in [0.25, 0.3) is 0 Å². The average molecular weight is 263 g/mol. The molecule has 1 fully saturated rings. The number of nitrogens with one attached hydrogen (secondary N) is 1. The Labute approximate surface area is 109 Å². The van der Waals surface area contributed by atoms with Crippen LogP contribution in [-0.2, 0) is 4.79 Å². The summed E-state index contributed by atoms with van der Waals surface area (Å²) in [6.45, 7) is 1.30. The number of halogens is 1. The standard InChI is InChI=1S/C13H14FN3O2/c14-9-1-2-10-11(7-9)16-13(15-10)17-5-3-8(4-6-17)12(18)19/h1-2,7-8H,3-6H2,(H,15,16)(H,18,19). The van der Waals surface area contributed by atoms with Gasteiger partial charge >= 0.3 is 5.97 Å². The number of hydrogen-bond donors (Lipinski definition) is 2. The lowest BCUT2D eigenvalue weighted by Crippen LogP contribution is -2.36. The van der Waals surface area contributed by atoms with Gasteiger partial charge < -0.3 is 15.0 Å². The van der Waals surface area contributed by atoms with Crippen molar-refractivity contribution < 1.29 is 14.3 Å². The third-order valence-corrected chi connectivity index (χ3v) is 3.58. The fraction of sp³-hybridized carbons (Fsp3) is 0.385. The number of rotatable bonds is 2. The molecule has 5 nitrogen and oxygen atoms in total. The van der Waals surface area contributed by atoms with Gasteiger partial charge in [0.1, 0.15) is 5.82 Å². The Kier molecular flexibility index (Phi) is 2.85. The molecule has 0 atom stereocenters. The first kappa shape index (κ1) is 12.0. The van der Waals surface area contributed by atoms with Gasteiger partial charge in [0.15, 0.2) is 0 Å². The third-order valence-electron chi connectivity index (χ3n) is 3.58. The first-order valence-corrected chi connectivity index (χ1v) is 6.26. The van der Waals surface area contributed by atoms with Gasteiger partial charge in [-0.25, -0.2) is 9.37 Å². The van der Waals surface area contributed by atoms with Crippen LogP contribution >= 0.6 is 0 Å². The number of aromatic nitrogens is 2. The molecule has 0 radical (unpaired) electrons. The van der Waals surface area contributed by atoms with E-state index in [4.69, 9.17) is 5.11 Å². The highest BCUT2D eigenvalue weighted by Crippen LogP contribution is 2.23. The normalized spacial score (nSPS) is 17.0. The highest BCUT2D eigenvalue weighted by molar-refractivity contribution is 5.77. The first-order chi connectivity index (χ1) is 9.13. The summed E-state index contributed by atoms with van der Waals surface area (Å²) < 4.78 is 13.1. The molecule has 19 heavy (non-hydrogen) atoms. The van der Waals surface area contributed by atoms with E-state index in [0.29, 0.717) is 37.4 Å². The summed E-state index contributed by atoms with van der Waals surface area (Å²) in [6, 6.07) is 4.42. The zero-order valence-electron chi connectivity index (χ0n) is 10.3. The van der Waals surface area contributed by atoms with Crippen molar-refractivity contribution in [1.29, 1.82) is 0 Å². The van der Waals surface area contributed by atoms with Crippen LogP contribution in [0.2, 0.25) is 0 Å². The third kappa shape index (κ3) is 2.25. The maximum atomic E-state index is 13.1. The highest BCUT2D eigenvalue weighted by Gasteiger charge is 2.25. The maximum absolute atomic E-state index is 13.1. The number of anilines is 1. The molecule has 1 aliphatic rings. The van der Waals surface area contributed by atoms with Gasteiger partial charge in [-0.05, 0) is 31.0 Å². The molecule has 3 rings (SSSR count). The van der Waals surface area contributed by atoms with E-state index in [0.717, 1.165) is 5.52 Å². The number of H-pyrrole nitrogens is 1. The van der Waals surface area contributed by atoms with Gasteiger partial charge in [0, 0.05) is 13.1 Å². The number of carbonyl (C=O) groups is 1. The molecule has 2 heterocycles. The summed E-state index contributed by atoms with van der Waals surface area (Å²) in [6.07, 6.45) is 1.22. The van der Waals surface area contributed by atoms with Crippen LogP contribution < -0.4 is 4.90 Å². The van der Waals surface area contributed by atoms with Gasteiger partial charge in [0.2, 0.25) is 5.95 Å². The molecule has 100 valence electrons. The summed E-state index contributed by atoms with van der Waals surface area (Å²) in [4.78, 5) is 20.4. The van der Waals surface area contributed by atoms with Crippen LogP contribution in [-0.4, -0.2) is 34.1 Å². The summed E-state index contributed by atoms with van der Waals surface area (Å²) in [7, 11) is 0. The minimum absolute atomic E-state index is 0.266. The quantitative estimate of drug-likeness (QED) is 0.869. The number of benzene rings is 1. The van der Waals surface area contributed by atoms with Crippen molar-refractivity contribution in [3.05, 3.63) is 24.0 Å². The molecule has 0 aliphatic carbocycles. The van der Waals surface area contributed by atoms with Crippen LogP contribution in [0, 0.1) is 11.7 Å². The second kappa shape index (κ2) is 4.53. The molecule has 1 aromatic heterocycles. The fourth-order valence-electron chi connectivity index (χ4n) is 2.46. The molecule has 1 aromatic carbocycles. The second-order valence-electron chi connectivity index (χ2n) is 4.82. The minimum atomic E-state index is -0.730. The topological polar surface area (TPSA) is 69.2 Å². The van der Waals surface area contributed by atoms with Gasteiger partial charge in [-0.15, -0.1) is 0 Å². The maximum Gasteiger partial charge on any atom is 0.306 e. The van der Waals surface area contributed by atoms with Gasteiger partial charge in [0.05, 0.1) is 17.0 Å². The molecular formula is C13H14FN3O2. The van der Waals surface area contributed by atoms with E-state index >= 15 is 0 Å². The van der Waals surface area contributed by atoms with Crippen molar-refractivity contribution in [2.24, 2.45) is 5.92 Å². The van der Waals surface area contributed by atoms with Crippen molar-refractivity contribution in [2.45, 2.75) is 12.8 Å². The first-order valence-electron chi connectivity index (χ1n) is 6.26. The number of carboxylic acids is 1. The number of piperidine rings is 1. The van der Waals surface area contributed by atoms with E-state index in [9.17, 15) is 9.18 Å². The highest BCUT2D eigenvalue weighted by atomic mass is 19.1. The van der Waals surface area contributed by atoms with E-state index in [2.05, 4.69) is 9.97 Å².